The number of nitrogens with one attached hydrogen (secondary N) is 1. The van der Waals surface area contributed by atoms with Crippen LogP contribution in [0.5, 0.6) is 0 Å². The number of hydrogen-bond acceptors (Lipinski definition) is 8. The van der Waals surface area contributed by atoms with Gasteiger partial charge in [0.2, 0.25) is 5.78 Å². The molecule has 2 aliphatic rings. The van der Waals surface area contributed by atoms with Crippen LogP contribution in [0, 0.1) is 12.3 Å². The van der Waals surface area contributed by atoms with Crippen molar-refractivity contribution in [2.45, 2.75) is 71.9 Å². The number of carbonyl (C=O) groups excluding carboxylic acids is 2. The number of aliphatic carboxylic acids is 2. The van der Waals surface area contributed by atoms with Gasteiger partial charge in [0, 0.05) is 42.8 Å². The summed E-state index contributed by atoms with van der Waals surface area (Å²) in [6, 6.07) is 3.72. The van der Waals surface area contributed by atoms with Crippen LogP contribution in [-0.2, 0) is 14.3 Å². The lowest BCUT2D eigenvalue weighted by atomic mass is 9.68. The summed E-state index contributed by atoms with van der Waals surface area (Å²) in [4.78, 5) is 59.6. The third-order valence-electron chi connectivity index (χ3n) is 8.97. The van der Waals surface area contributed by atoms with Crippen LogP contribution in [0.25, 0.3) is 16.7 Å². The number of aryl methyl sites for hydroxylation is 1. The first-order chi connectivity index (χ1) is 19.9. The van der Waals surface area contributed by atoms with Crippen molar-refractivity contribution in [3.63, 3.8) is 0 Å². The lowest BCUT2D eigenvalue weighted by Gasteiger charge is -2.41. The Kier molecular flexibility index (Phi) is 9.24. The van der Waals surface area contributed by atoms with Gasteiger partial charge in [0.1, 0.15) is 5.70 Å². The van der Waals surface area contributed by atoms with Crippen LogP contribution in [0.15, 0.2) is 18.2 Å². The molecule has 2 heterocycles. The average molecular weight is 584 g/mol. The number of piperazine rings is 1. The van der Waals surface area contributed by atoms with E-state index in [0.717, 1.165) is 37.4 Å². The zero-order chi connectivity index (χ0) is 30.8. The molecule has 1 amide bonds. The number of benzene rings is 1. The van der Waals surface area contributed by atoms with Gasteiger partial charge in [-0.15, -0.1) is 0 Å². The van der Waals surface area contributed by atoms with Crippen molar-refractivity contribution in [1.29, 1.82) is 0 Å². The third-order valence-corrected chi connectivity index (χ3v) is 8.97. The van der Waals surface area contributed by atoms with Crippen LogP contribution < -0.4 is 10.2 Å². The SMILES string of the molecule is CCN1CCN(c2cc3c(cc2C)nc(C(=O)C2(CC)CCC(NC(=O)OC)CC2)n3/C(=C\C(=O)O)C(=O)O)[C@@H](C)C1. The Morgan fingerprint density at radius 3 is 2.38 bits per heavy atom. The van der Waals surface area contributed by atoms with Gasteiger partial charge >= 0.3 is 18.0 Å². The number of carboxylic acids is 2. The molecule has 1 atom stereocenters. The Morgan fingerprint density at radius 1 is 1.14 bits per heavy atom. The predicted octanol–water partition coefficient (Wildman–Crippen LogP) is 3.76. The zero-order valence-corrected chi connectivity index (χ0v) is 25.0. The van der Waals surface area contributed by atoms with E-state index in [0.29, 0.717) is 49.2 Å². The van der Waals surface area contributed by atoms with Gasteiger partial charge < -0.3 is 25.2 Å². The third kappa shape index (κ3) is 5.99. The number of alkyl carbamates (subject to hydrolysis) is 1. The molecule has 0 unspecified atom stereocenters. The molecule has 0 bridgehead atoms. The summed E-state index contributed by atoms with van der Waals surface area (Å²) in [5.74, 6) is -3.35. The number of nitrogens with zero attached hydrogens (tertiary/aromatic N) is 4. The average Bonchev–Trinajstić information content (AvgIpc) is 3.32. The van der Waals surface area contributed by atoms with E-state index in [1.165, 1.54) is 11.7 Å². The number of hydrogen-bond donors (Lipinski definition) is 3. The predicted molar refractivity (Wildman–Crippen MR) is 158 cm³/mol. The van der Waals surface area contributed by atoms with Gasteiger partial charge in [-0.2, -0.15) is 0 Å². The minimum absolute atomic E-state index is 0.0958. The first-order valence-electron chi connectivity index (χ1n) is 14.5. The number of methoxy groups -OCH3 is 1. The van der Waals surface area contributed by atoms with Crippen molar-refractivity contribution in [2.24, 2.45) is 5.41 Å². The quantitative estimate of drug-likeness (QED) is 0.294. The number of ether oxygens (including phenoxy) is 1. The molecule has 1 aliphatic carbocycles. The number of fused-ring (bicyclic) bond motifs is 1. The molecule has 42 heavy (non-hydrogen) atoms. The van der Waals surface area contributed by atoms with E-state index in [2.05, 4.69) is 33.9 Å². The van der Waals surface area contributed by atoms with Gasteiger partial charge in [-0.25, -0.2) is 19.4 Å². The van der Waals surface area contributed by atoms with Crippen LogP contribution >= 0.6 is 0 Å². The van der Waals surface area contributed by atoms with Gasteiger partial charge in [0.05, 0.1) is 24.2 Å². The second-order valence-corrected chi connectivity index (χ2v) is 11.4. The summed E-state index contributed by atoms with van der Waals surface area (Å²) in [7, 11) is 1.30. The highest BCUT2D eigenvalue weighted by molar-refractivity contribution is 6.17. The van der Waals surface area contributed by atoms with E-state index < -0.39 is 29.1 Å². The summed E-state index contributed by atoms with van der Waals surface area (Å²) in [6.07, 6.45) is 2.54. The van der Waals surface area contributed by atoms with Gasteiger partial charge in [0.25, 0.3) is 0 Å². The first kappa shape index (κ1) is 31.0. The molecule has 1 saturated carbocycles. The van der Waals surface area contributed by atoms with Gasteiger partial charge in [0.15, 0.2) is 5.82 Å². The molecular weight excluding hydrogens is 542 g/mol. The minimum Gasteiger partial charge on any atom is -0.478 e. The number of amides is 1. The monoisotopic (exact) mass is 583 g/mol. The normalized spacial score (nSPS) is 23.5. The maximum Gasteiger partial charge on any atom is 0.407 e. The maximum absolute atomic E-state index is 14.4. The molecule has 1 aromatic heterocycles. The zero-order valence-electron chi connectivity index (χ0n) is 25.0. The lowest BCUT2D eigenvalue weighted by Crippen LogP contribution is -2.52. The summed E-state index contributed by atoms with van der Waals surface area (Å²) in [5.41, 5.74) is 1.21. The Hall–Kier alpha value is -3.93. The highest BCUT2D eigenvalue weighted by Crippen LogP contribution is 2.43. The van der Waals surface area contributed by atoms with Gasteiger partial charge in [-0.1, -0.05) is 13.8 Å². The van der Waals surface area contributed by atoms with Crippen molar-refractivity contribution in [1.82, 2.24) is 19.8 Å². The Bertz CT molecular complexity index is 1410. The van der Waals surface area contributed by atoms with Crippen molar-refractivity contribution < 1.29 is 34.1 Å². The van der Waals surface area contributed by atoms with Crippen molar-refractivity contribution >= 4 is 46.2 Å². The number of carboxylic acid groups (broad SMARTS) is 2. The van der Waals surface area contributed by atoms with Crippen LogP contribution in [0.3, 0.4) is 0 Å². The maximum atomic E-state index is 14.4. The van der Waals surface area contributed by atoms with Crippen LogP contribution in [0.2, 0.25) is 0 Å². The number of carbonyl (C=O) groups is 4. The number of rotatable bonds is 9. The molecule has 12 heteroatoms. The highest BCUT2D eigenvalue weighted by Gasteiger charge is 2.44. The highest BCUT2D eigenvalue weighted by atomic mass is 16.5. The number of imidazole rings is 1. The molecule has 12 nitrogen and oxygen atoms in total. The van der Waals surface area contributed by atoms with Crippen LogP contribution in [0.1, 0.15) is 69.1 Å². The molecule has 1 aromatic carbocycles. The molecule has 0 radical (unpaired) electrons. The fourth-order valence-electron chi connectivity index (χ4n) is 6.46. The second-order valence-electron chi connectivity index (χ2n) is 11.4. The number of aromatic nitrogens is 2. The summed E-state index contributed by atoms with van der Waals surface area (Å²) in [6.45, 7) is 11.6. The summed E-state index contributed by atoms with van der Waals surface area (Å²) in [5, 5.41) is 22.5. The smallest absolute Gasteiger partial charge is 0.407 e. The molecule has 228 valence electrons. The molecular formula is C30H41N5O7. The molecule has 3 N–H and O–H groups in total. The summed E-state index contributed by atoms with van der Waals surface area (Å²) >= 11 is 0. The fraction of sp³-hybridized carbons (Fsp3) is 0.567. The Balaban J connectivity index is 1.83. The van der Waals surface area contributed by atoms with Crippen molar-refractivity contribution in [2.75, 3.05) is 38.2 Å². The number of Topliss-reactive ketones (excluding diaryl/α,β-unsaturated/α-hetero) is 1. The number of likely N-dealkylation sites (N-methyl/N-ethyl adjacent to an activating group) is 1. The first-order valence-corrected chi connectivity index (χ1v) is 14.5. The second kappa shape index (κ2) is 12.5. The lowest BCUT2D eigenvalue weighted by molar-refractivity contribution is -0.133. The van der Waals surface area contributed by atoms with E-state index in [9.17, 15) is 29.4 Å². The van der Waals surface area contributed by atoms with Crippen molar-refractivity contribution in [3.05, 3.63) is 29.6 Å². The molecule has 0 spiro atoms. The number of anilines is 1. The minimum atomic E-state index is -1.48. The topological polar surface area (TPSA) is 154 Å². The van der Waals surface area contributed by atoms with E-state index in [1.54, 1.807) is 0 Å². The van der Waals surface area contributed by atoms with E-state index >= 15 is 0 Å². The van der Waals surface area contributed by atoms with Crippen LogP contribution in [0.4, 0.5) is 10.5 Å². The molecule has 4 rings (SSSR count). The standard InChI is InChI=1S/C30H41N5O7/c1-6-30(10-8-20(9-11-30)31-29(41)42-5)26(38)27-32-21-14-18(3)22(34-13-12-33(7-2)17-19(34)4)15-23(21)35(27)24(28(39)40)16-25(36)37/h14-16,19-20H,6-13,17H2,1-5H3,(H,31,41)(H,36,37)(H,39,40)/b24-16-/t19-,20?,30?/m0/s1. The molecule has 2 aromatic rings. The van der Waals surface area contributed by atoms with E-state index in [-0.39, 0.29) is 23.7 Å². The fourth-order valence-corrected chi connectivity index (χ4v) is 6.46. The van der Waals surface area contributed by atoms with Crippen LogP contribution in [-0.4, -0.2) is 93.9 Å². The Labute approximate surface area is 245 Å². The van der Waals surface area contributed by atoms with E-state index in [4.69, 9.17) is 4.74 Å². The number of ketones is 1. The largest absolute Gasteiger partial charge is 0.478 e. The summed E-state index contributed by atoms with van der Waals surface area (Å²) < 4.78 is 5.92. The molecule has 1 saturated heterocycles. The van der Waals surface area contributed by atoms with E-state index in [1.807, 2.05) is 26.0 Å². The van der Waals surface area contributed by atoms with Gasteiger partial charge in [-0.05, 0) is 70.2 Å². The van der Waals surface area contributed by atoms with Crippen molar-refractivity contribution in [3.8, 4) is 0 Å². The Morgan fingerprint density at radius 2 is 1.83 bits per heavy atom. The molecule has 1 aliphatic heterocycles. The molecule has 2 fully saturated rings. The van der Waals surface area contributed by atoms with Gasteiger partial charge in [-0.3, -0.25) is 14.3 Å².